The van der Waals surface area contributed by atoms with Crippen LogP contribution in [0.3, 0.4) is 0 Å². The molecule has 0 atom stereocenters. The predicted octanol–water partition coefficient (Wildman–Crippen LogP) is 0.851. The first-order chi connectivity index (χ1) is 7.86. The Kier molecular flexibility index (Phi) is 2.93. The molecule has 0 unspecified atom stereocenters. The van der Waals surface area contributed by atoms with Crippen LogP contribution in [0.15, 0.2) is 24.5 Å². The summed E-state index contributed by atoms with van der Waals surface area (Å²) in [7, 11) is 0. The van der Waals surface area contributed by atoms with E-state index in [9.17, 15) is 9.59 Å². The van der Waals surface area contributed by atoms with Crippen LogP contribution >= 0.6 is 34.8 Å². The topological polar surface area (TPSA) is 71.1 Å². The lowest BCUT2D eigenvalue weighted by Crippen LogP contribution is -2.67. The Morgan fingerprint density at radius 1 is 1.00 bits per heavy atom. The molecule has 1 aliphatic heterocycles. The van der Waals surface area contributed by atoms with E-state index in [0.717, 1.165) is 0 Å². The smallest absolute Gasteiger partial charge is 0.273 e. The monoisotopic (exact) mass is 293 g/mol. The van der Waals surface area contributed by atoms with Crippen LogP contribution in [0.5, 0.6) is 0 Å². The number of amides is 2. The van der Waals surface area contributed by atoms with Crippen LogP contribution in [0, 0.1) is 0 Å². The molecule has 2 N–H and O–H groups in total. The highest BCUT2D eigenvalue weighted by Crippen LogP contribution is 2.32. The summed E-state index contributed by atoms with van der Waals surface area (Å²) in [4.78, 5) is 27.0. The van der Waals surface area contributed by atoms with Gasteiger partial charge >= 0.3 is 0 Å². The Morgan fingerprint density at radius 3 is 1.94 bits per heavy atom. The van der Waals surface area contributed by atoms with Crippen LogP contribution < -0.4 is 10.6 Å². The molecule has 1 aromatic heterocycles. The number of pyridine rings is 1. The number of halogens is 3. The number of nitrogens with one attached hydrogen (secondary N) is 2. The zero-order valence-corrected chi connectivity index (χ0v) is 10.5. The largest absolute Gasteiger partial charge is 0.314 e. The van der Waals surface area contributed by atoms with Crippen LogP contribution in [0.1, 0.15) is 5.56 Å². The van der Waals surface area contributed by atoms with Crippen molar-refractivity contribution in [2.45, 2.75) is 9.46 Å². The predicted molar refractivity (Wildman–Crippen MR) is 62.5 cm³/mol. The van der Waals surface area contributed by atoms with Crippen LogP contribution in [0.4, 0.5) is 0 Å². The lowest BCUT2D eigenvalue weighted by atomic mass is 10.1. The number of nitrogens with zero attached hydrogens (tertiary/aromatic N) is 1. The molecule has 2 heterocycles. The molecule has 5 nitrogen and oxygen atoms in total. The van der Waals surface area contributed by atoms with Gasteiger partial charge in [0, 0.05) is 18.0 Å². The maximum Gasteiger partial charge on any atom is 0.273 e. The van der Waals surface area contributed by atoms with Crippen LogP contribution in [-0.4, -0.2) is 21.1 Å². The Hall–Kier alpha value is -1.04. The normalized spacial score (nSPS) is 21.6. The zero-order chi connectivity index (χ0) is 12.7. The molecular formula is C9H6Cl3N3O2. The van der Waals surface area contributed by atoms with E-state index in [4.69, 9.17) is 34.8 Å². The van der Waals surface area contributed by atoms with Gasteiger partial charge in [0.2, 0.25) is 5.12 Å². The van der Waals surface area contributed by atoms with Gasteiger partial charge in [0.25, 0.3) is 16.1 Å². The average Bonchev–Trinajstić information content (AvgIpc) is 2.28. The van der Waals surface area contributed by atoms with E-state index in [2.05, 4.69) is 15.6 Å². The molecule has 17 heavy (non-hydrogen) atoms. The number of hydrogen-bond donors (Lipinski definition) is 2. The fraction of sp³-hybridized carbons (Fsp3) is 0.222. The van der Waals surface area contributed by atoms with Crippen molar-refractivity contribution in [3.63, 3.8) is 0 Å². The molecule has 2 amide bonds. The molecule has 1 aliphatic rings. The summed E-state index contributed by atoms with van der Waals surface area (Å²) in [6, 6.07) is 3.09. The molecule has 1 fully saturated rings. The van der Waals surface area contributed by atoms with Gasteiger partial charge in [-0.05, 0) is 12.1 Å². The first-order valence-corrected chi connectivity index (χ1v) is 5.62. The molecule has 0 aliphatic carbocycles. The molecule has 0 bridgehead atoms. The summed E-state index contributed by atoms with van der Waals surface area (Å²) < 4.78 is -2.18. The van der Waals surface area contributed by atoms with Crippen molar-refractivity contribution >= 4 is 46.6 Å². The first-order valence-electron chi connectivity index (χ1n) is 4.49. The molecular weight excluding hydrogens is 288 g/mol. The minimum absolute atomic E-state index is 0.444. The van der Waals surface area contributed by atoms with Gasteiger partial charge in [-0.15, -0.1) is 0 Å². The van der Waals surface area contributed by atoms with E-state index >= 15 is 0 Å². The Labute approximate surface area is 111 Å². The SMILES string of the molecule is O=C1NC(Cl)(c2ccncc2)NC(=O)C1(Cl)Cl. The Bertz CT molecular complexity index is 458. The third-order valence-corrected chi connectivity index (χ3v) is 3.31. The van der Waals surface area contributed by atoms with Crippen molar-refractivity contribution < 1.29 is 9.59 Å². The second kappa shape index (κ2) is 4.01. The highest BCUT2D eigenvalue weighted by atomic mass is 35.5. The third kappa shape index (κ3) is 2.06. The third-order valence-electron chi connectivity index (χ3n) is 2.22. The summed E-state index contributed by atoms with van der Waals surface area (Å²) >= 11 is 17.2. The van der Waals surface area contributed by atoms with Crippen LogP contribution in [-0.2, 0) is 14.7 Å². The van der Waals surface area contributed by atoms with Crippen molar-refractivity contribution in [3.05, 3.63) is 30.1 Å². The standard InChI is InChI=1S/C9H6Cl3N3O2/c10-8(11)6(16)14-9(12,15-7(8)17)5-1-3-13-4-2-5/h1-4H,(H,14,16)(H,15,17). The summed E-state index contributed by atoms with van der Waals surface area (Å²) in [5, 5.41) is 3.10. The van der Waals surface area contributed by atoms with Gasteiger partial charge in [0.05, 0.1) is 0 Å². The fourth-order valence-electron chi connectivity index (χ4n) is 1.33. The minimum atomic E-state index is -2.18. The average molecular weight is 295 g/mol. The van der Waals surface area contributed by atoms with Crippen LogP contribution in [0.2, 0.25) is 0 Å². The number of carbonyl (C=O) groups is 2. The number of aromatic nitrogens is 1. The number of alkyl halides is 3. The molecule has 2 rings (SSSR count). The van der Waals surface area contributed by atoms with Gasteiger partial charge in [0.15, 0.2) is 0 Å². The van der Waals surface area contributed by atoms with E-state index < -0.39 is 21.3 Å². The molecule has 8 heteroatoms. The molecule has 0 spiro atoms. The molecule has 1 aromatic rings. The minimum Gasteiger partial charge on any atom is -0.314 e. The highest BCUT2D eigenvalue weighted by molar-refractivity contribution is 6.68. The van der Waals surface area contributed by atoms with Gasteiger partial charge in [-0.25, -0.2) is 0 Å². The summed E-state index contributed by atoms with van der Waals surface area (Å²) in [5.74, 6) is -1.76. The number of hydrogen-bond acceptors (Lipinski definition) is 3. The van der Waals surface area contributed by atoms with Crippen LogP contribution in [0.25, 0.3) is 0 Å². The molecule has 90 valence electrons. The molecule has 0 radical (unpaired) electrons. The zero-order valence-electron chi connectivity index (χ0n) is 8.21. The summed E-state index contributed by atoms with van der Waals surface area (Å²) in [6.07, 6.45) is 2.95. The Balaban J connectivity index is 2.37. The fourth-order valence-corrected chi connectivity index (χ4v) is 1.82. The van der Waals surface area contributed by atoms with Crippen molar-refractivity contribution in [1.82, 2.24) is 15.6 Å². The summed E-state index contributed by atoms with van der Waals surface area (Å²) in [6.45, 7) is 0. The number of carbonyl (C=O) groups excluding carboxylic acids is 2. The van der Waals surface area contributed by atoms with E-state index in [1.165, 1.54) is 12.4 Å². The van der Waals surface area contributed by atoms with Gasteiger partial charge in [-0.3, -0.25) is 14.6 Å². The molecule has 0 aromatic carbocycles. The van der Waals surface area contributed by atoms with Gasteiger partial charge in [-0.1, -0.05) is 34.8 Å². The molecule has 0 saturated carbocycles. The van der Waals surface area contributed by atoms with E-state index in [0.29, 0.717) is 5.56 Å². The summed E-state index contributed by atoms with van der Waals surface area (Å²) in [5.41, 5.74) is 0.444. The first kappa shape index (κ1) is 12.4. The van der Waals surface area contributed by atoms with E-state index in [1.54, 1.807) is 12.1 Å². The second-order valence-electron chi connectivity index (χ2n) is 3.38. The van der Waals surface area contributed by atoms with Crippen molar-refractivity contribution in [2.24, 2.45) is 0 Å². The number of rotatable bonds is 1. The lowest BCUT2D eigenvalue weighted by Gasteiger charge is -2.37. The van der Waals surface area contributed by atoms with Crippen molar-refractivity contribution in [3.8, 4) is 0 Å². The Morgan fingerprint density at radius 2 is 1.47 bits per heavy atom. The highest BCUT2D eigenvalue weighted by Gasteiger charge is 2.53. The van der Waals surface area contributed by atoms with Gasteiger partial charge < -0.3 is 10.6 Å². The van der Waals surface area contributed by atoms with E-state index in [-0.39, 0.29) is 0 Å². The molecule has 1 saturated heterocycles. The lowest BCUT2D eigenvalue weighted by molar-refractivity contribution is -0.136. The maximum atomic E-state index is 11.6. The maximum absolute atomic E-state index is 11.6. The quantitative estimate of drug-likeness (QED) is 0.458. The van der Waals surface area contributed by atoms with Gasteiger partial charge in [-0.2, -0.15) is 0 Å². The van der Waals surface area contributed by atoms with Crippen molar-refractivity contribution in [1.29, 1.82) is 0 Å². The van der Waals surface area contributed by atoms with Gasteiger partial charge in [0.1, 0.15) is 0 Å². The second-order valence-corrected chi connectivity index (χ2v) is 5.27. The van der Waals surface area contributed by atoms with E-state index in [1.807, 2.05) is 0 Å². The van der Waals surface area contributed by atoms with Crippen molar-refractivity contribution in [2.75, 3.05) is 0 Å².